The Balaban J connectivity index is 1.89. The minimum Gasteiger partial charge on any atom is -0.462 e. The van der Waals surface area contributed by atoms with Crippen molar-refractivity contribution in [2.75, 3.05) is 0 Å². The highest BCUT2D eigenvalue weighted by atomic mass is 35.5. The highest BCUT2D eigenvalue weighted by molar-refractivity contribution is 6.30. The highest BCUT2D eigenvalue weighted by Crippen LogP contribution is 2.24. The van der Waals surface area contributed by atoms with Crippen LogP contribution in [0.3, 0.4) is 0 Å². The number of carbonyl (C=O) groups excluding carboxylic acids is 1. The van der Waals surface area contributed by atoms with Crippen molar-refractivity contribution < 1.29 is 9.53 Å². The SMILES string of the molecule is O=C(Cc1ccc(Cl)cc1)OC1CC1. The van der Waals surface area contributed by atoms with E-state index in [9.17, 15) is 4.79 Å². The summed E-state index contributed by atoms with van der Waals surface area (Å²) in [5.74, 6) is -0.144. The summed E-state index contributed by atoms with van der Waals surface area (Å²) >= 11 is 5.73. The summed E-state index contributed by atoms with van der Waals surface area (Å²) in [6.45, 7) is 0. The fourth-order valence-corrected chi connectivity index (χ4v) is 1.31. The van der Waals surface area contributed by atoms with Gasteiger partial charge in [0, 0.05) is 5.02 Å². The maximum absolute atomic E-state index is 11.3. The number of hydrogen-bond donors (Lipinski definition) is 0. The molecule has 2 nitrogen and oxygen atoms in total. The van der Waals surface area contributed by atoms with Gasteiger partial charge in [0.2, 0.25) is 0 Å². The van der Waals surface area contributed by atoms with Crippen LogP contribution in [0.25, 0.3) is 0 Å². The maximum atomic E-state index is 11.3. The van der Waals surface area contributed by atoms with Crippen LogP contribution < -0.4 is 0 Å². The average molecular weight is 211 g/mol. The molecule has 1 fully saturated rings. The first-order valence-electron chi connectivity index (χ1n) is 4.68. The van der Waals surface area contributed by atoms with Crippen molar-refractivity contribution in [3.63, 3.8) is 0 Å². The van der Waals surface area contributed by atoms with Gasteiger partial charge in [0.15, 0.2) is 0 Å². The topological polar surface area (TPSA) is 26.3 Å². The molecule has 3 heteroatoms. The van der Waals surface area contributed by atoms with Crippen molar-refractivity contribution in [2.24, 2.45) is 0 Å². The van der Waals surface area contributed by atoms with Crippen molar-refractivity contribution in [3.8, 4) is 0 Å². The third-order valence-electron chi connectivity index (χ3n) is 2.08. The normalized spacial score (nSPS) is 15.2. The third kappa shape index (κ3) is 2.74. The number of hydrogen-bond acceptors (Lipinski definition) is 2. The Morgan fingerprint density at radius 2 is 2.00 bits per heavy atom. The van der Waals surface area contributed by atoms with Gasteiger partial charge in [-0.25, -0.2) is 0 Å². The lowest BCUT2D eigenvalue weighted by atomic mass is 10.1. The summed E-state index contributed by atoms with van der Waals surface area (Å²) < 4.78 is 5.12. The summed E-state index contributed by atoms with van der Waals surface area (Å²) in [7, 11) is 0. The molecule has 0 spiro atoms. The predicted molar refractivity (Wildman–Crippen MR) is 54.3 cm³/mol. The first-order chi connectivity index (χ1) is 6.74. The number of benzene rings is 1. The molecule has 1 aliphatic carbocycles. The van der Waals surface area contributed by atoms with Gasteiger partial charge >= 0.3 is 5.97 Å². The van der Waals surface area contributed by atoms with E-state index in [0.29, 0.717) is 11.4 Å². The van der Waals surface area contributed by atoms with Crippen LogP contribution in [-0.4, -0.2) is 12.1 Å². The van der Waals surface area contributed by atoms with E-state index in [-0.39, 0.29) is 12.1 Å². The zero-order chi connectivity index (χ0) is 9.97. The van der Waals surface area contributed by atoms with Crippen LogP contribution in [0.15, 0.2) is 24.3 Å². The lowest BCUT2D eigenvalue weighted by Crippen LogP contribution is -2.09. The van der Waals surface area contributed by atoms with Gasteiger partial charge in [-0.15, -0.1) is 0 Å². The van der Waals surface area contributed by atoms with Crippen LogP contribution in [-0.2, 0) is 16.0 Å². The van der Waals surface area contributed by atoms with Gasteiger partial charge in [0.1, 0.15) is 6.10 Å². The summed E-state index contributed by atoms with van der Waals surface area (Å²) in [4.78, 5) is 11.3. The Morgan fingerprint density at radius 3 is 2.57 bits per heavy atom. The van der Waals surface area contributed by atoms with Gasteiger partial charge in [-0.2, -0.15) is 0 Å². The van der Waals surface area contributed by atoms with Crippen LogP contribution in [0.2, 0.25) is 5.02 Å². The minimum atomic E-state index is -0.144. The van der Waals surface area contributed by atoms with E-state index in [0.717, 1.165) is 18.4 Å². The standard InChI is InChI=1S/C11H11ClO2/c12-9-3-1-8(2-4-9)7-11(13)14-10-5-6-10/h1-4,10H,5-7H2. The molecule has 14 heavy (non-hydrogen) atoms. The van der Waals surface area contributed by atoms with Crippen molar-refractivity contribution in [1.29, 1.82) is 0 Å². The number of halogens is 1. The van der Waals surface area contributed by atoms with Gasteiger partial charge in [0.05, 0.1) is 6.42 Å². The van der Waals surface area contributed by atoms with Gasteiger partial charge in [-0.3, -0.25) is 4.79 Å². The van der Waals surface area contributed by atoms with E-state index in [1.54, 1.807) is 12.1 Å². The molecule has 0 aromatic heterocycles. The molecular formula is C11H11ClO2. The first-order valence-corrected chi connectivity index (χ1v) is 5.06. The summed E-state index contributed by atoms with van der Waals surface area (Å²) in [6, 6.07) is 7.25. The molecule has 0 radical (unpaired) electrons. The molecular weight excluding hydrogens is 200 g/mol. The third-order valence-corrected chi connectivity index (χ3v) is 2.34. The van der Waals surface area contributed by atoms with Gasteiger partial charge in [0.25, 0.3) is 0 Å². The second-order valence-electron chi connectivity index (χ2n) is 3.49. The van der Waals surface area contributed by atoms with Crippen LogP contribution in [0.4, 0.5) is 0 Å². The lowest BCUT2D eigenvalue weighted by molar-refractivity contribution is -0.144. The molecule has 1 aromatic rings. The summed E-state index contributed by atoms with van der Waals surface area (Å²) in [5, 5.41) is 0.685. The second-order valence-corrected chi connectivity index (χ2v) is 3.93. The molecule has 0 bridgehead atoms. The Labute approximate surface area is 87.8 Å². The average Bonchev–Trinajstić information content (AvgIpc) is 2.93. The van der Waals surface area contributed by atoms with E-state index >= 15 is 0 Å². The molecule has 0 heterocycles. The van der Waals surface area contributed by atoms with E-state index in [2.05, 4.69) is 0 Å². The molecule has 1 aliphatic rings. The largest absolute Gasteiger partial charge is 0.462 e. The zero-order valence-corrected chi connectivity index (χ0v) is 8.46. The minimum absolute atomic E-state index is 0.144. The molecule has 1 aromatic carbocycles. The van der Waals surface area contributed by atoms with Crippen LogP contribution in [0.1, 0.15) is 18.4 Å². The molecule has 0 atom stereocenters. The molecule has 74 valence electrons. The first kappa shape index (κ1) is 9.53. The molecule has 0 unspecified atom stereocenters. The highest BCUT2D eigenvalue weighted by Gasteiger charge is 2.25. The van der Waals surface area contributed by atoms with Gasteiger partial charge in [-0.05, 0) is 30.5 Å². The van der Waals surface area contributed by atoms with Crippen molar-refractivity contribution in [2.45, 2.75) is 25.4 Å². The number of ether oxygens (including phenoxy) is 1. The second kappa shape index (κ2) is 4.01. The zero-order valence-electron chi connectivity index (χ0n) is 7.70. The van der Waals surface area contributed by atoms with Crippen LogP contribution in [0, 0.1) is 0 Å². The smallest absolute Gasteiger partial charge is 0.310 e. The molecule has 1 saturated carbocycles. The molecule has 0 aliphatic heterocycles. The van der Waals surface area contributed by atoms with Gasteiger partial charge in [-0.1, -0.05) is 23.7 Å². The lowest BCUT2D eigenvalue weighted by Gasteiger charge is -2.02. The fourth-order valence-electron chi connectivity index (χ4n) is 1.18. The molecule has 2 rings (SSSR count). The van der Waals surface area contributed by atoms with E-state index < -0.39 is 0 Å². The van der Waals surface area contributed by atoms with E-state index in [1.807, 2.05) is 12.1 Å². The van der Waals surface area contributed by atoms with Gasteiger partial charge < -0.3 is 4.74 Å². The Hall–Kier alpha value is -1.02. The Morgan fingerprint density at radius 1 is 1.36 bits per heavy atom. The monoisotopic (exact) mass is 210 g/mol. The molecule has 0 saturated heterocycles. The quantitative estimate of drug-likeness (QED) is 0.717. The van der Waals surface area contributed by atoms with Crippen molar-refractivity contribution in [1.82, 2.24) is 0 Å². The van der Waals surface area contributed by atoms with Crippen LogP contribution >= 0.6 is 11.6 Å². The summed E-state index contributed by atoms with van der Waals surface area (Å²) in [6.07, 6.45) is 2.57. The van der Waals surface area contributed by atoms with Crippen molar-refractivity contribution in [3.05, 3.63) is 34.9 Å². The molecule has 0 amide bonds. The Kier molecular flexibility index (Phi) is 2.73. The Bertz CT molecular complexity index is 328. The van der Waals surface area contributed by atoms with E-state index in [4.69, 9.17) is 16.3 Å². The number of rotatable bonds is 3. The predicted octanol–water partition coefficient (Wildman–Crippen LogP) is 2.59. The number of esters is 1. The summed E-state index contributed by atoms with van der Waals surface area (Å²) in [5.41, 5.74) is 0.944. The number of carbonyl (C=O) groups is 1. The van der Waals surface area contributed by atoms with E-state index in [1.165, 1.54) is 0 Å². The molecule has 0 N–H and O–H groups in total. The fraction of sp³-hybridized carbons (Fsp3) is 0.364. The maximum Gasteiger partial charge on any atom is 0.310 e. The van der Waals surface area contributed by atoms with Crippen molar-refractivity contribution >= 4 is 17.6 Å². The van der Waals surface area contributed by atoms with Crippen LogP contribution in [0.5, 0.6) is 0 Å².